The lowest BCUT2D eigenvalue weighted by Crippen LogP contribution is -2.26. The molecule has 2 N–H and O–H groups in total. The molecule has 0 saturated carbocycles. The summed E-state index contributed by atoms with van der Waals surface area (Å²) in [7, 11) is 0. The van der Waals surface area contributed by atoms with Gasteiger partial charge in [0.2, 0.25) is 11.8 Å². The van der Waals surface area contributed by atoms with Gasteiger partial charge < -0.3 is 5.11 Å². The number of amides is 2. The summed E-state index contributed by atoms with van der Waals surface area (Å²) in [5, 5.41) is 10.5. The SMILES string of the molecule is O=C1C[C@@H](C(=O)CCCO)C(=O)N1. The van der Waals surface area contributed by atoms with Crippen LogP contribution in [0.4, 0.5) is 0 Å². The van der Waals surface area contributed by atoms with Gasteiger partial charge >= 0.3 is 0 Å². The molecule has 5 nitrogen and oxygen atoms in total. The first-order chi connectivity index (χ1) is 6.15. The minimum Gasteiger partial charge on any atom is -0.396 e. The van der Waals surface area contributed by atoms with Crippen LogP contribution in [0.25, 0.3) is 0 Å². The highest BCUT2D eigenvalue weighted by Crippen LogP contribution is 2.14. The number of carbonyl (C=O) groups excluding carboxylic acids is 3. The quantitative estimate of drug-likeness (QED) is 0.434. The number of hydrogen-bond acceptors (Lipinski definition) is 4. The molecule has 1 heterocycles. The molecule has 5 heteroatoms. The second kappa shape index (κ2) is 4.13. The van der Waals surface area contributed by atoms with Crippen molar-refractivity contribution in [3.8, 4) is 0 Å². The van der Waals surface area contributed by atoms with Crippen molar-refractivity contribution in [1.29, 1.82) is 0 Å². The van der Waals surface area contributed by atoms with Crippen LogP contribution in [0.1, 0.15) is 19.3 Å². The molecule has 1 aliphatic heterocycles. The van der Waals surface area contributed by atoms with Crippen molar-refractivity contribution in [1.82, 2.24) is 5.32 Å². The van der Waals surface area contributed by atoms with Crippen molar-refractivity contribution < 1.29 is 19.5 Å². The number of ketones is 1. The van der Waals surface area contributed by atoms with E-state index in [4.69, 9.17) is 5.11 Å². The first-order valence-electron chi connectivity index (χ1n) is 4.12. The number of aliphatic hydroxyl groups excluding tert-OH is 1. The van der Waals surface area contributed by atoms with Crippen molar-refractivity contribution in [2.75, 3.05) is 6.61 Å². The molecule has 0 radical (unpaired) electrons. The molecular weight excluding hydrogens is 174 g/mol. The van der Waals surface area contributed by atoms with Crippen LogP contribution in [-0.4, -0.2) is 29.3 Å². The van der Waals surface area contributed by atoms with E-state index in [0.717, 1.165) is 0 Å². The van der Waals surface area contributed by atoms with Gasteiger partial charge in [0, 0.05) is 19.4 Å². The summed E-state index contributed by atoms with van der Waals surface area (Å²) in [6.07, 6.45) is 0.460. The molecule has 1 fully saturated rings. The molecule has 0 aliphatic carbocycles. The number of nitrogens with one attached hydrogen (secondary N) is 1. The molecule has 0 aromatic heterocycles. The lowest BCUT2D eigenvalue weighted by molar-refractivity contribution is -0.131. The van der Waals surface area contributed by atoms with Crippen molar-refractivity contribution >= 4 is 17.6 Å². The van der Waals surface area contributed by atoms with Gasteiger partial charge in [-0.25, -0.2) is 0 Å². The van der Waals surface area contributed by atoms with Gasteiger partial charge in [0.25, 0.3) is 0 Å². The van der Waals surface area contributed by atoms with E-state index in [9.17, 15) is 14.4 Å². The fourth-order valence-electron chi connectivity index (χ4n) is 1.24. The Labute approximate surface area is 75.1 Å². The Morgan fingerprint density at radius 1 is 1.54 bits per heavy atom. The van der Waals surface area contributed by atoms with E-state index < -0.39 is 17.7 Å². The molecule has 0 unspecified atom stereocenters. The number of imide groups is 1. The van der Waals surface area contributed by atoms with Crippen LogP contribution < -0.4 is 5.32 Å². The normalized spacial score (nSPS) is 21.8. The summed E-state index contributed by atoms with van der Waals surface area (Å²) in [5.41, 5.74) is 0. The summed E-state index contributed by atoms with van der Waals surface area (Å²) in [6, 6.07) is 0. The molecule has 0 aromatic rings. The predicted octanol–water partition coefficient (Wildman–Crippen LogP) is -1.01. The van der Waals surface area contributed by atoms with Crippen molar-refractivity contribution in [2.24, 2.45) is 5.92 Å². The number of Topliss-reactive ketones (excluding diaryl/α,β-unsaturated/α-hetero) is 1. The molecule has 0 spiro atoms. The number of rotatable bonds is 4. The Kier molecular flexibility index (Phi) is 3.13. The van der Waals surface area contributed by atoms with Crippen LogP contribution in [0.2, 0.25) is 0 Å². The maximum atomic E-state index is 11.2. The van der Waals surface area contributed by atoms with E-state index in [-0.39, 0.29) is 25.2 Å². The third-order valence-corrected chi connectivity index (χ3v) is 1.94. The zero-order valence-electron chi connectivity index (χ0n) is 7.08. The lowest BCUT2D eigenvalue weighted by Gasteiger charge is -2.02. The average Bonchev–Trinajstić information content (AvgIpc) is 2.41. The summed E-state index contributed by atoms with van der Waals surface area (Å²) in [5.74, 6) is -1.99. The van der Waals surface area contributed by atoms with Gasteiger partial charge in [-0.05, 0) is 6.42 Å². The van der Waals surface area contributed by atoms with Gasteiger partial charge in [-0.15, -0.1) is 0 Å². The van der Waals surface area contributed by atoms with Gasteiger partial charge in [0.15, 0.2) is 0 Å². The molecule has 1 saturated heterocycles. The second-order valence-electron chi connectivity index (χ2n) is 2.96. The van der Waals surface area contributed by atoms with E-state index in [1.165, 1.54) is 0 Å². The predicted molar refractivity (Wildman–Crippen MR) is 42.6 cm³/mol. The Morgan fingerprint density at radius 2 is 2.23 bits per heavy atom. The topological polar surface area (TPSA) is 83.5 Å². The van der Waals surface area contributed by atoms with Crippen LogP contribution in [0.15, 0.2) is 0 Å². The highest BCUT2D eigenvalue weighted by atomic mass is 16.3. The van der Waals surface area contributed by atoms with Crippen LogP contribution in [-0.2, 0) is 14.4 Å². The summed E-state index contributed by atoms with van der Waals surface area (Å²) in [6.45, 7) is -0.0754. The molecule has 1 aliphatic rings. The highest BCUT2D eigenvalue weighted by Gasteiger charge is 2.35. The molecule has 0 aromatic carbocycles. The molecule has 0 bridgehead atoms. The zero-order chi connectivity index (χ0) is 9.84. The molecular formula is C8H11NO4. The number of carbonyl (C=O) groups is 3. The third-order valence-electron chi connectivity index (χ3n) is 1.94. The molecule has 13 heavy (non-hydrogen) atoms. The van der Waals surface area contributed by atoms with Crippen LogP contribution in [0.5, 0.6) is 0 Å². The van der Waals surface area contributed by atoms with Crippen molar-refractivity contribution in [2.45, 2.75) is 19.3 Å². The molecule has 72 valence electrons. The Hall–Kier alpha value is -1.23. The Bertz CT molecular complexity index is 249. The smallest absolute Gasteiger partial charge is 0.237 e. The second-order valence-corrected chi connectivity index (χ2v) is 2.96. The van der Waals surface area contributed by atoms with E-state index in [1.54, 1.807) is 0 Å². The maximum absolute atomic E-state index is 11.2. The standard InChI is InChI=1S/C8H11NO4/c10-3-1-2-6(11)5-4-7(12)9-8(5)13/h5,10H,1-4H2,(H,9,12,13)/t5-/m0/s1. The van der Waals surface area contributed by atoms with Crippen molar-refractivity contribution in [3.63, 3.8) is 0 Å². The van der Waals surface area contributed by atoms with Gasteiger partial charge in [-0.3, -0.25) is 19.7 Å². The van der Waals surface area contributed by atoms with E-state index in [0.29, 0.717) is 6.42 Å². The average molecular weight is 185 g/mol. The third kappa shape index (κ3) is 2.35. The number of hydrogen-bond donors (Lipinski definition) is 2. The molecule has 2 amide bonds. The fourth-order valence-corrected chi connectivity index (χ4v) is 1.24. The first kappa shape index (κ1) is 9.85. The fraction of sp³-hybridized carbons (Fsp3) is 0.625. The summed E-state index contributed by atoms with van der Waals surface area (Å²) < 4.78 is 0. The number of aliphatic hydroxyl groups is 1. The van der Waals surface area contributed by atoms with Crippen molar-refractivity contribution in [3.05, 3.63) is 0 Å². The van der Waals surface area contributed by atoms with Gasteiger partial charge in [0.1, 0.15) is 11.7 Å². The minimum atomic E-state index is -0.820. The largest absolute Gasteiger partial charge is 0.396 e. The Balaban J connectivity index is 2.47. The van der Waals surface area contributed by atoms with Gasteiger partial charge in [-0.2, -0.15) is 0 Å². The van der Waals surface area contributed by atoms with E-state index >= 15 is 0 Å². The molecule has 1 rings (SSSR count). The van der Waals surface area contributed by atoms with E-state index in [1.807, 2.05) is 0 Å². The highest BCUT2D eigenvalue weighted by molar-refractivity contribution is 6.14. The maximum Gasteiger partial charge on any atom is 0.237 e. The van der Waals surface area contributed by atoms with Gasteiger partial charge in [-0.1, -0.05) is 0 Å². The summed E-state index contributed by atoms with van der Waals surface area (Å²) in [4.78, 5) is 32.9. The van der Waals surface area contributed by atoms with Crippen LogP contribution >= 0.6 is 0 Å². The lowest BCUT2D eigenvalue weighted by atomic mass is 9.99. The van der Waals surface area contributed by atoms with Crippen LogP contribution in [0.3, 0.4) is 0 Å². The summed E-state index contributed by atoms with van der Waals surface area (Å²) >= 11 is 0. The van der Waals surface area contributed by atoms with E-state index in [2.05, 4.69) is 5.32 Å². The van der Waals surface area contributed by atoms with Crippen LogP contribution in [0, 0.1) is 5.92 Å². The van der Waals surface area contributed by atoms with Gasteiger partial charge in [0.05, 0.1) is 0 Å². The molecule has 1 atom stereocenters. The minimum absolute atomic E-state index is 0.0386. The zero-order valence-corrected chi connectivity index (χ0v) is 7.08. The Morgan fingerprint density at radius 3 is 2.69 bits per heavy atom. The first-order valence-corrected chi connectivity index (χ1v) is 4.12. The monoisotopic (exact) mass is 185 g/mol.